The van der Waals surface area contributed by atoms with Gasteiger partial charge in [0.05, 0.1) is 24.6 Å². The van der Waals surface area contributed by atoms with E-state index in [0.29, 0.717) is 21.3 Å². The molecule has 1 aromatic rings. The number of sulfonamides is 1. The molecule has 0 atom stereocenters. The summed E-state index contributed by atoms with van der Waals surface area (Å²) in [5, 5.41) is 0. The van der Waals surface area contributed by atoms with E-state index in [-0.39, 0.29) is 0 Å². The van der Waals surface area contributed by atoms with Gasteiger partial charge in [-0.2, -0.15) is 0 Å². The van der Waals surface area contributed by atoms with E-state index in [0.717, 1.165) is 6.26 Å². The van der Waals surface area contributed by atoms with E-state index in [1.54, 1.807) is 19.1 Å². The highest BCUT2D eigenvalue weighted by Gasteiger charge is 2.17. The fraction of sp³-hybridized carbons (Fsp3) is 0.300. The van der Waals surface area contributed by atoms with Crippen LogP contribution in [0.5, 0.6) is 0 Å². The Balaban J connectivity index is 3.33. The minimum atomic E-state index is -3.38. The van der Waals surface area contributed by atoms with Crippen LogP contribution in [0.15, 0.2) is 16.6 Å². The number of hydrogen-bond donors (Lipinski definition) is 1. The number of nitrogens with one attached hydrogen (secondary N) is 1. The molecule has 0 radical (unpaired) electrons. The minimum absolute atomic E-state index is 0.307. The van der Waals surface area contributed by atoms with Gasteiger partial charge in [-0.3, -0.25) is 4.72 Å². The first-order valence-corrected chi connectivity index (χ1v) is 7.30. The van der Waals surface area contributed by atoms with Gasteiger partial charge in [0, 0.05) is 4.47 Å². The molecule has 1 aromatic carbocycles. The summed E-state index contributed by atoms with van der Waals surface area (Å²) in [6.45, 7) is 1.64. The monoisotopic (exact) mass is 321 g/mol. The van der Waals surface area contributed by atoms with Crippen molar-refractivity contribution in [2.75, 3.05) is 18.1 Å². The van der Waals surface area contributed by atoms with Crippen molar-refractivity contribution in [1.82, 2.24) is 0 Å². The fourth-order valence-corrected chi connectivity index (χ4v) is 2.55. The van der Waals surface area contributed by atoms with Crippen LogP contribution in [0.3, 0.4) is 0 Å². The van der Waals surface area contributed by atoms with Gasteiger partial charge < -0.3 is 4.74 Å². The van der Waals surface area contributed by atoms with Gasteiger partial charge in [-0.25, -0.2) is 13.2 Å². The summed E-state index contributed by atoms with van der Waals surface area (Å²) >= 11 is 3.22. The van der Waals surface area contributed by atoms with E-state index >= 15 is 0 Å². The van der Waals surface area contributed by atoms with Crippen LogP contribution in [0.1, 0.15) is 15.9 Å². The number of rotatable bonds is 3. The van der Waals surface area contributed by atoms with E-state index in [9.17, 15) is 13.2 Å². The number of benzene rings is 1. The van der Waals surface area contributed by atoms with Gasteiger partial charge >= 0.3 is 5.97 Å². The second-order valence-electron chi connectivity index (χ2n) is 3.46. The normalized spacial score (nSPS) is 11.1. The number of carbonyl (C=O) groups excluding carboxylic acids is 1. The summed E-state index contributed by atoms with van der Waals surface area (Å²) in [7, 11) is -2.11. The zero-order chi connectivity index (χ0) is 13.2. The summed E-state index contributed by atoms with van der Waals surface area (Å²) in [6, 6.07) is 3.17. The zero-order valence-electron chi connectivity index (χ0n) is 9.57. The molecular formula is C10H12BrNO4S. The quantitative estimate of drug-likeness (QED) is 0.863. The van der Waals surface area contributed by atoms with Gasteiger partial charge in [0.1, 0.15) is 0 Å². The van der Waals surface area contributed by atoms with Crippen LogP contribution in [0, 0.1) is 6.92 Å². The molecule has 94 valence electrons. The molecule has 0 unspecified atom stereocenters. The summed E-state index contributed by atoms with van der Waals surface area (Å²) in [5.74, 6) is -0.522. The van der Waals surface area contributed by atoms with Crippen LogP contribution in [0.2, 0.25) is 0 Å². The van der Waals surface area contributed by atoms with Gasteiger partial charge in [-0.1, -0.05) is 0 Å². The lowest BCUT2D eigenvalue weighted by atomic mass is 10.1. The lowest BCUT2D eigenvalue weighted by Crippen LogP contribution is -2.13. The standard InChI is InChI=1S/C10H12BrNO4S/c1-6-8(12-17(3,14)15)5-4-7(11)9(6)10(13)16-2/h4-5,12H,1-3H3. The first kappa shape index (κ1) is 14.0. The molecule has 0 aliphatic rings. The maximum Gasteiger partial charge on any atom is 0.339 e. The van der Waals surface area contributed by atoms with Gasteiger partial charge in [0.25, 0.3) is 0 Å². The molecule has 7 heteroatoms. The largest absolute Gasteiger partial charge is 0.465 e. The number of ether oxygens (including phenoxy) is 1. The van der Waals surface area contributed by atoms with Crippen molar-refractivity contribution < 1.29 is 17.9 Å². The summed E-state index contributed by atoms with van der Waals surface area (Å²) < 4.78 is 29.8. The Hall–Kier alpha value is -1.08. The molecule has 0 saturated carbocycles. The third-order valence-electron chi connectivity index (χ3n) is 2.10. The van der Waals surface area contributed by atoms with E-state index in [4.69, 9.17) is 0 Å². The van der Waals surface area contributed by atoms with E-state index in [2.05, 4.69) is 25.4 Å². The summed E-state index contributed by atoms with van der Waals surface area (Å²) in [5.41, 5.74) is 1.17. The van der Waals surface area contributed by atoms with Gasteiger partial charge in [0.15, 0.2) is 0 Å². The van der Waals surface area contributed by atoms with Crippen LogP contribution in [-0.4, -0.2) is 27.8 Å². The molecule has 1 rings (SSSR count). The SMILES string of the molecule is COC(=O)c1c(Br)ccc(NS(C)(=O)=O)c1C. The Kier molecular flexibility index (Phi) is 4.16. The molecule has 5 nitrogen and oxygen atoms in total. The van der Waals surface area contributed by atoms with Gasteiger partial charge in [-0.05, 0) is 40.5 Å². The molecule has 0 heterocycles. The van der Waals surface area contributed by atoms with Gasteiger partial charge in [0.2, 0.25) is 10.0 Å². The molecule has 0 aliphatic carbocycles. The first-order valence-electron chi connectivity index (χ1n) is 4.61. The highest BCUT2D eigenvalue weighted by Crippen LogP contribution is 2.27. The Morgan fingerprint density at radius 3 is 2.47 bits per heavy atom. The van der Waals surface area contributed by atoms with Crippen molar-refractivity contribution >= 4 is 37.6 Å². The fourth-order valence-electron chi connectivity index (χ4n) is 1.34. The number of carbonyl (C=O) groups is 1. The lowest BCUT2D eigenvalue weighted by Gasteiger charge is -2.12. The van der Waals surface area contributed by atoms with Crippen molar-refractivity contribution in [3.63, 3.8) is 0 Å². The third-order valence-corrected chi connectivity index (χ3v) is 3.35. The van der Waals surface area contributed by atoms with Crippen molar-refractivity contribution in [3.8, 4) is 0 Å². The maximum absolute atomic E-state index is 11.5. The predicted molar refractivity (Wildman–Crippen MR) is 68.7 cm³/mol. The van der Waals surface area contributed by atoms with Crippen LogP contribution < -0.4 is 4.72 Å². The van der Waals surface area contributed by atoms with Crippen LogP contribution >= 0.6 is 15.9 Å². The number of hydrogen-bond acceptors (Lipinski definition) is 4. The smallest absolute Gasteiger partial charge is 0.339 e. The van der Waals surface area contributed by atoms with E-state index in [1.165, 1.54) is 7.11 Å². The number of anilines is 1. The highest BCUT2D eigenvalue weighted by molar-refractivity contribution is 9.10. The Morgan fingerprint density at radius 2 is 2.00 bits per heavy atom. The summed E-state index contributed by atoms with van der Waals surface area (Å²) in [6.07, 6.45) is 1.05. The number of methoxy groups -OCH3 is 1. The Labute approximate surface area is 108 Å². The second kappa shape index (κ2) is 5.05. The van der Waals surface area contributed by atoms with Crippen molar-refractivity contribution in [3.05, 3.63) is 27.7 Å². The van der Waals surface area contributed by atoms with Crippen molar-refractivity contribution in [1.29, 1.82) is 0 Å². The third kappa shape index (κ3) is 3.44. The van der Waals surface area contributed by atoms with Crippen LogP contribution in [0.4, 0.5) is 5.69 Å². The second-order valence-corrected chi connectivity index (χ2v) is 6.06. The highest BCUT2D eigenvalue weighted by atomic mass is 79.9. The molecule has 0 aliphatic heterocycles. The zero-order valence-corrected chi connectivity index (χ0v) is 12.0. The Bertz CT molecular complexity index is 554. The number of esters is 1. The van der Waals surface area contributed by atoms with Crippen LogP contribution in [-0.2, 0) is 14.8 Å². The topological polar surface area (TPSA) is 72.5 Å². The molecule has 0 bridgehead atoms. The summed E-state index contributed by atoms with van der Waals surface area (Å²) in [4.78, 5) is 11.5. The van der Waals surface area contributed by atoms with Crippen molar-refractivity contribution in [2.24, 2.45) is 0 Å². The first-order chi connectivity index (χ1) is 7.76. The minimum Gasteiger partial charge on any atom is -0.465 e. The van der Waals surface area contributed by atoms with Crippen molar-refractivity contribution in [2.45, 2.75) is 6.92 Å². The lowest BCUT2D eigenvalue weighted by molar-refractivity contribution is 0.0599. The maximum atomic E-state index is 11.5. The molecule has 0 amide bonds. The van der Waals surface area contributed by atoms with E-state index < -0.39 is 16.0 Å². The Morgan fingerprint density at radius 1 is 1.41 bits per heavy atom. The molecule has 0 saturated heterocycles. The molecule has 0 spiro atoms. The van der Waals surface area contributed by atoms with Crippen LogP contribution in [0.25, 0.3) is 0 Å². The molecule has 1 N–H and O–H groups in total. The molecule has 0 aromatic heterocycles. The predicted octanol–water partition coefficient (Wildman–Crippen LogP) is 1.92. The molecular weight excluding hydrogens is 310 g/mol. The van der Waals surface area contributed by atoms with E-state index in [1.807, 2.05) is 0 Å². The molecule has 0 fully saturated rings. The average molecular weight is 322 g/mol. The number of halogens is 1. The average Bonchev–Trinajstić information content (AvgIpc) is 2.20. The molecule has 17 heavy (non-hydrogen) atoms. The van der Waals surface area contributed by atoms with Gasteiger partial charge in [-0.15, -0.1) is 0 Å².